The molecule has 98 valence electrons. The fourth-order valence-corrected chi connectivity index (χ4v) is 1.81. The van der Waals surface area contributed by atoms with Gasteiger partial charge in [-0.25, -0.2) is 0 Å². The van der Waals surface area contributed by atoms with Crippen LogP contribution in [-0.2, 0) is 9.53 Å². The van der Waals surface area contributed by atoms with Gasteiger partial charge in [0.15, 0.2) is 0 Å². The Bertz CT molecular complexity index is 434. The van der Waals surface area contributed by atoms with E-state index < -0.39 is 0 Å². The minimum atomic E-state index is -0.309. The highest BCUT2D eigenvalue weighted by atomic mass is 16.5. The van der Waals surface area contributed by atoms with Crippen LogP contribution in [0.3, 0.4) is 0 Å². The van der Waals surface area contributed by atoms with Gasteiger partial charge in [0.2, 0.25) is 0 Å². The molecule has 0 saturated heterocycles. The molecule has 0 heterocycles. The molecular formula is C14H19NO3. The van der Waals surface area contributed by atoms with Crippen LogP contribution in [0, 0.1) is 13.8 Å². The molecule has 0 atom stereocenters. The molecule has 1 aromatic rings. The van der Waals surface area contributed by atoms with Crippen molar-refractivity contribution in [2.75, 3.05) is 20.7 Å². The number of hydrogen-bond acceptors (Lipinski definition) is 3. The summed E-state index contributed by atoms with van der Waals surface area (Å²) in [7, 11) is 3.03. The Hall–Kier alpha value is -1.84. The molecule has 0 aliphatic heterocycles. The maximum absolute atomic E-state index is 12.3. The summed E-state index contributed by atoms with van der Waals surface area (Å²) >= 11 is 0. The Morgan fingerprint density at radius 2 is 1.78 bits per heavy atom. The first-order valence-corrected chi connectivity index (χ1v) is 5.86. The molecule has 1 amide bonds. The van der Waals surface area contributed by atoms with Crippen LogP contribution >= 0.6 is 0 Å². The Morgan fingerprint density at radius 1 is 1.22 bits per heavy atom. The Labute approximate surface area is 108 Å². The minimum absolute atomic E-state index is 0.0606. The SMILES string of the molecule is COC(=O)CCN(C)C(=O)c1c(C)cccc1C. The zero-order valence-electron chi connectivity index (χ0n) is 11.3. The van der Waals surface area contributed by atoms with Crippen molar-refractivity contribution in [1.82, 2.24) is 4.90 Å². The van der Waals surface area contributed by atoms with E-state index in [4.69, 9.17) is 0 Å². The molecule has 0 bridgehead atoms. The van der Waals surface area contributed by atoms with Crippen molar-refractivity contribution in [3.63, 3.8) is 0 Å². The van der Waals surface area contributed by atoms with Gasteiger partial charge in [0.05, 0.1) is 13.5 Å². The summed E-state index contributed by atoms with van der Waals surface area (Å²) < 4.78 is 4.56. The number of rotatable bonds is 4. The van der Waals surface area contributed by atoms with Gasteiger partial charge < -0.3 is 9.64 Å². The number of amides is 1. The van der Waals surface area contributed by atoms with E-state index in [-0.39, 0.29) is 18.3 Å². The van der Waals surface area contributed by atoms with Gasteiger partial charge in [-0.3, -0.25) is 9.59 Å². The topological polar surface area (TPSA) is 46.6 Å². The molecular weight excluding hydrogens is 230 g/mol. The second-order valence-corrected chi connectivity index (χ2v) is 4.32. The van der Waals surface area contributed by atoms with E-state index in [0.717, 1.165) is 11.1 Å². The molecule has 0 spiro atoms. The number of ether oxygens (including phenoxy) is 1. The molecule has 18 heavy (non-hydrogen) atoms. The van der Waals surface area contributed by atoms with E-state index in [2.05, 4.69) is 4.74 Å². The lowest BCUT2D eigenvalue weighted by Crippen LogP contribution is -2.30. The quantitative estimate of drug-likeness (QED) is 0.766. The van der Waals surface area contributed by atoms with E-state index in [1.807, 2.05) is 32.0 Å². The number of esters is 1. The third-order valence-corrected chi connectivity index (χ3v) is 2.92. The number of aryl methyl sites for hydroxylation is 2. The predicted molar refractivity (Wildman–Crippen MR) is 69.5 cm³/mol. The Kier molecular flexibility index (Phi) is 4.89. The van der Waals surface area contributed by atoms with Crippen LogP contribution < -0.4 is 0 Å². The first-order chi connectivity index (χ1) is 8.47. The highest BCUT2D eigenvalue weighted by molar-refractivity contribution is 5.97. The predicted octanol–water partition coefficient (Wildman–Crippen LogP) is 1.94. The number of carbonyl (C=O) groups excluding carboxylic acids is 2. The van der Waals surface area contributed by atoms with Crippen molar-refractivity contribution in [2.24, 2.45) is 0 Å². The largest absolute Gasteiger partial charge is 0.469 e. The van der Waals surface area contributed by atoms with Crippen LogP contribution in [0.2, 0.25) is 0 Å². The summed E-state index contributed by atoms with van der Waals surface area (Å²) in [5.74, 6) is -0.370. The molecule has 0 N–H and O–H groups in total. The second kappa shape index (κ2) is 6.19. The summed E-state index contributed by atoms with van der Waals surface area (Å²) in [4.78, 5) is 24.9. The number of methoxy groups -OCH3 is 1. The summed E-state index contributed by atoms with van der Waals surface area (Å²) in [6.45, 7) is 4.18. The van der Waals surface area contributed by atoms with Crippen LogP contribution in [-0.4, -0.2) is 37.5 Å². The van der Waals surface area contributed by atoms with Crippen molar-refractivity contribution < 1.29 is 14.3 Å². The summed E-state index contributed by atoms with van der Waals surface area (Å²) in [5.41, 5.74) is 2.61. The molecule has 0 aliphatic rings. The zero-order valence-corrected chi connectivity index (χ0v) is 11.3. The van der Waals surface area contributed by atoms with Crippen LogP contribution in [0.5, 0.6) is 0 Å². The van der Waals surface area contributed by atoms with Gasteiger partial charge in [0, 0.05) is 19.2 Å². The second-order valence-electron chi connectivity index (χ2n) is 4.32. The molecule has 0 unspecified atom stereocenters. The van der Waals surface area contributed by atoms with Crippen molar-refractivity contribution in [3.05, 3.63) is 34.9 Å². The molecule has 4 heteroatoms. The average Bonchev–Trinajstić information content (AvgIpc) is 2.34. The lowest BCUT2D eigenvalue weighted by atomic mass is 10.0. The van der Waals surface area contributed by atoms with Gasteiger partial charge in [-0.05, 0) is 25.0 Å². The smallest absolute Gasteiger partial charge is 0.307 e. The van der Waals surface area contributed by atoms with Gasteiger partial charge >= 0.3 is 5.97 Å². The number of hydrogen-bond donors (Lipinski definition) is 0. The van der Waals surface area contributed by atoms with Crippen molar-refractivity contribution in [1.29, 1.82) is 0 Å². The zero-order chi connectivity index (χ0) is 13.7. The summed E-state index contributed by atoms with van der Waals surface area (Å²) in [6.07, 6.45) is 0.212. The van der Waals surface area contributed by atoms with E-state index in [9.17, 15) is 9.59 Å². The molecule has 0 fully saturated rings. The van der Waals surface area contributed by atoms with Crippen molar-refractivity contribution in [3.8, 4) is 0 Å². The van der Waals surface area contributed by atoms with E-state index in [1.165, 1.54) is 7.11 Å². The monoisotopic (exact) mass is 249 g/mol. The van der Waals surface area contributed by atoms with Gasteiger partial charge in [-0.1, -0.05) is 18.2 Å². The lowest BCUT2D eigenvalue weighted by Gasteiger charge is -2.19. The van der Waals surface area contributed by atoms with Crippen molar-refractivity contribution >= 4 is 11.9 Å². The third kappa shape index (κ3) is 3.32. The Morgan fingerprint density at radius 3 is 2.28 bits per heavy atom. The number of nitrogens with zero attached hydrogens (tertiary/aromatic N) is 1. The van der Waals surface area contributed by atoms with Crippen LogP contribution in [0.4, 0.5) is 0 Å². The van der Waals surface area contributed by atoms with Gasteiger partial charge in [0.1, 0.15) is 0 Å². The fourth-order valence-electron chi connectivity index (χ4n) is 1.81. The average molecular weight is 249 g/mol. The molecule has 0 aliphatic carbocycles. The fraction of sp³-hybridized carbons (Fsp3) is 0.429. The molecule has 1 aromatic carbocycles. The standard InChI is InChI=1S/C14H19NO3/c1-10-6-5-7-11(2)13(10)14(17)15(3)9-8-12(16)18-4/h5-7H,8-9H2,1-4H3. The van der Waals surface area contributed by atoms with Crippen LogP contribution in [0.1, 0.15) is 27.9 Å². The summed E-state index contributed by atoms with van der Waals surface area (Å²) in [5, 5.41) is 0. The third-order valence-electron chi connectivity index (χ3n) is 2.92. The maximum Gasteiger partial charge on any atom is 0.307 e. The molecule has 0 radical (unpaired) electrons. The van der Waals surface area contributed by atoms with E-state index in [0.29, 0.717) is 12.1 Å². The van der Waals surface area contributed by atoms with Gasteiger partial charge in [0.25, 0.3) is 5.91 Å². The lowest BCUT2D eigenvalue weighted by molar-refractivity contribution is -0.140. The molecule has 4 nitrogen and oxygen atoms in total. The van der Waals surface area contributed by atoms with Crippen LogP contribution in [0.15, 0.2) is 18.2 Å². The molecule has 0 aromatic heterocycles. The van der Waals surface area contributed by atoms with Crippen LogP contribution in [0.25, 0.3) is 0 Å². The highest BCUT2D eigenvalue weighted by Gasteiger charge is 2.16. The first-order valence-electron chi connectivity index (χ1n) is 5.86. The van der Waals surface area contributed by atoms with Crippen molar-refractivity contribution in [2.45, 2.75) is 20.3 Å². The normalized spacial score (nSPS) is 10.0. The van der Waals surface area contributed by atoms with Gasteiger partial charge in [-0.15, -0.1) is 0 Å². The molecule has 1 rings (SSSR count). The number of carbonyl (C=O) groups is 2. The van der Waals surface area contributed by atoms with E-state index in [1.54, 1.807) is 11.9 Å². The van der Waals surface area contributed by atoms with Gasteiger partial charge in [-0.2, -0.15) is 0 Å². The molecule has 0 saturated carbocycles. The maximum atomic E-state index is 12.3. The Balaban J connectivity index is 2.78. The summed E-state index contributed by atoms with van der Waals surface area (Å²) in [6, 6.07) is 5.75. The first kappa shape index (κ1) is 14.2. The highest BCUT2D eigenvalue weighted by Crippen LogP contribution is 2.15. The minimum Gasteiger partial charge on any atom is -0.469 e. The van der Waals surface area contributed by atoms with E-state index >= 15 is 0 Å². The number of benzene rings is 1.